The highest BCUT2D eigenvalue weighted by molar-refractivity contribution is 5.74. The van der Waals surface area contributed by atoms with Crippen LogP contribution in [0.2, 0.25) is 0 Å². The molecule has 0 aromatic heterocycles. The predicted molar refractivity (Wildman–Crippen MR) is 93.7 cm³/mol. The molecule has 2 rings (SSSR count). The zero-order valence-corrected chi connectivity index (χ0v) is 14.5. The maximum absolute atomic E-state index is 12.3. The van der Waals surface area contributed by atoms with Crippen molar-refractivity contribution in [3.63, 3.8) is 0 Å². The van der Waals surface area contributed by atoms with Gasteiger partial charge >= 0.3 is 6.03 Å². The summed E-state index contributed by atoms with van der Waals surface area (Å²) in [5, 5.41) is 3.08. The third-order valence-electron chi connectivity index (χ3n) is 4.59. The molecule has 1 heterocycles. The largest absolute Gasteiger partial charge is 0.381 e. The lowest BCUT2D eigenvalue weighted by atomic mass is 9.98. The second-order valence-electron chi connectivity index (χ2n) is 6.45. The highest BCUT2D eigenvalue weighted by atomic mass is 16.5. The first kappa shape index (κ1) is 17.8. The Hall–Kier alpha value is -1.55. The summed E-state index contributed by atoms with van der Waals surface area (Å²) in [4.78, 5) is 14.3. The van der Waals surface area contributed by atoms with Crippen molar-refractivity contribution in [3.05, 3.63) is 35.9 Å². The second-order valence-corrected chi connectivity index (χ2v) is 6.45. The molecule has 1 aromatic rings. The Morgan fingerprint density at radius 2 is 2.17 bits per heavy atom. The summed E-state index contributed by atoms with van der Waals surface area (Å²) >= 11 is 0. The molecule has 2 atom stereocenters. The van der Waals surface area contributed by atoms with E-state index >= 15 is 0 Å². The van der Waals surface area contributed by atoms with Crippen molar-refractivity contribution < 1.29 is 9.53 Å². The normalized spacial score (nSPS) is 19.4. The Bertz CT molecular complexity index is 464. The van der Waals surface area contributed by atoms with Gasteiger partial charge in [0.2, 0.25) is 0 Å². The number of nitrogens with zero attached hydrogens (tertiary/aromatic N) is 1. The van der Waals surface area contributed by atoms with Gasteiger partial charge < -0.3 is 15.0 Å². The van der Waals surface area contributed by atoms with Gasteiger partial charge in [-0.2, -0.15) is 0 Å². The van der Waals surface area contributed by atoms with Crippen LogP contribution >= 0.6 is 0 Å². The summed E-state index contributed by atoms with van der Waals surface area (Å²) in [5.74, 6) is 0.946. The van der Waals surface area contributed by atoms with E-state index < -0.39 is 0 Å². The molecule has 128 valence electrons. The molecule has 2 amide bonds. The smallest absolute Gasteiger partial charge is 0.317 e. The van der Waals surface area contributed by atoms with E-state index in [2.05, 4.69) is 36.5 Å². The summed E-state index contributed by atoms with van der Waals surface area (Å²) in [7, 11) is 0. The van der Waals surface area contributed by atoms with Crippen molar-refractivity contribution in [2.24, 2.45) is 5.92 Å². The van der Waals surface area contributed by atoms with E-state index in [1.807, 2.05) is 17.9 Å². The number of likely N-dealkylation sites (tertiary alicyclic amines) is 1. The average Bonchev–Trinajstić information content (AvgIpc) is 2.60. The molecule has 1 aliphatic rings. The summed E-state index contributed by atoms with van der Waals surface area (Å²) in [5.41, 5.74) is 1.33. The zero-order valence-electron chi connectivity index (χ0n) is 14.5. The van der Waals surface area contributed by atoms with Gasteiger partial charge in [-0.25, -0.2) is 4.79 Å². The van der Waals surface area contributed by atoms with Crippen molar-refractivity contribution in [3.8, 4) is 0 Å². The minimum Gasteiger partial charge on any atom is -0.381 e. The summed E-state index contributed by atoms with van der Waals surface area (Å²) in [6.07, 6.45) is 3.20. The van der Waals surface area contributed by atoms with Crippen molar-refractivity contribution in [2.45, 2.75) is 39.0 Å². The molecular weight excluding hydrogens is 288 g/mol. The molecule has 1 aliphatic heterocycles. The molecule has 1 fully saturated rings. The quantitative estimate of drug-likeness (QED) is 0.834. The van der Waals surface area contributed by atoms with Gasteiger partial charge in [0, 0.05) is 32.2 Å². The molecule has 0 bridgehead atoms. The van der Waals surface area contributed by atoms with Gasteiger partial charge in [0.05, 0.1) is 6.61 Å². The van der Waals surface area contributed by atoms with E-state index in [4.69, 9.17) is 4.74 Å². The lowest BCUT2D eigenvalue weighted by molar-refractivity contribution is 0.0756. The van der Waals surface area contributed by atoms with Crippen LogP contribution in [0.3, 0.4) is 0 Å². The minimum absolute atomic E-state index is 0.0754. The van der Waals surface area contributed by atoms with E-state index in [0.29, 0.717) is 11.8 Å². The highest BCUT2D eigenvalue weighted by Gasteiger charge is 2.23. The van der Waals surface area contributed by atoms with Crippen LogP contribution in [0.5, 0.6) is 0 Å². The molecule has 23 heavy (non-hydrogen) atoms. The number of hydrogen-bond donors (Lipinski definition) is 1. The molecule has 0 unspecified atom stereocenters. The van der Waals surface area contributed by atoms with Crippen LogP contribution in [-0.2, 0) is 4.74 Å². The molecule has 0 saturated carbocycles. The lowest BCUT2D eigenvalue weighted by Gasteiger charge is -2.32. The number of urea groups is 1. The maximum Gasteiger partial charge on any atom is 0.317 e. The Labute approximate surface area is 140 Å². The first-order valence-corrected chi connectivity index (χ1v) is 8.86. The topological polar surface area (TPSA) is 41.6 Å². The van der Waals surface area contributed by atoms with Crippen LogP contribution in [0.4, 0.5) is 4.79 Å². The Morgan fingerprint density at radius 1 is 1.39 bits per heavy atom. The van der Waals surface area contributed by atoms with Crippen LogP contribution in [0, 0.1) is 5.92 Å². The maximum atomic E-state index is 12.3. The third-order valence-corrected chi connectivity index (χ3v) is 4.59. The lowest BCUT2D eigenvalue weighted by Crippen LogP contribution is -2.46. The monoisotopic (exact) mass is 318 g/mol. The summed E-state index contributed by atoms with van der Waals surface area (Å²) in [6.45, 7) is 8.15. The fourth-order valence-corrected chi connectivity index (χ4v) is 3.13. The Kier molecular flexibility index (Phi) is 7.40. The van der Waals surface area contributed by atoms with Crippen molar-refractivity contribution >= 4 is 6.03 Å². The van der Waals surface area contributed by atoms with Crippen LogP contribution in [0.1, 0.15) is 44.6 Å². The molecule has 4 heteroatoms. The highest BCUT2D eigenvalue weighted by Crippen LogP contribution is 2.19. The van der Waals surface area contributed by atoms with E-state index in [9.17, 15) is 4.79 Å². The molecule has 1 aromatic carbocycles. The fraction of sp³-hybridized carbons (Fsp3) is 0.632. The predicted octanol–water partition coefficient (Wildman–Crippen LogP) is 3.64. The number of carbonyl (C=O) groups excluding carboxylic acids is 1. The standard InChI is InChI=1S/C19H30N2O2/c1-3-23-15-17-8-7-13-21(14-17)19(22)20-12-11-16(2)18-9-5-4-6-10-18/h4-6,9-10,16-17H,3,7-8,11-15H2,1-2H3,(H,20,22)/t16-,17+/m0/s1. The van der Waals surface area contributed by atoms with E-state index in [0.717, 1.165) is 52.1 Å². The van der Waals surface area contributed by atoms with Gasteiger partial charge in [-0.15, -0.1) is 0 Å². The Balaban J connectivity index is 1.70. The van der Waals surface area contributed by atoms with Gasteiger partial charge in [0.25, 0.3) is 0 Å². The average molecular weight is 318 g/mol. The van der Waals surface area contributed by atoms with Crippen molar-refractivity contribution in [1.82, 2.24) is 10.2 Å². The van der Waals surface area contributed by atoms with Gasteiger partial charge in [-0.1, -0.05) is 37.3 Å². The minimum atomic E-state index is 0.0754. The van der Waals surface area contributed by atoms with Gasteiger partial charge in [0.1, 0.15) is 0 Å². The van der Waals surface area contributed by atoms with Crippen LogP contribution in [0.25, 0.3) is 0 Å². The number of amides is 2. The fourth-order valence-electron chi connectivity index (χ4n) is 3.13. The van der Waals surface area contributed by atoms with Crippen LogP contribution in [0.15, 0.2) is 30.3 Å². The first-order chi connectivity index (χ1) is 11.2. The van der Waals surface area contributed by atoms with Gasteiger partial charge in [-0.3, -0.25) is 0 Å². The van der Waals surface area contributed by atoms with Crippen molar-refractivity contribution in [1.29, 1.82) is 0 Å². The van der Waals surface area contributed by atoms with Crippen LogP contribution < -0.4 is 5.32 Å². The molecule has 0 spiro atoms. The number of nitrogens with one attached hydrogen (secondary N) is 1. The molecule has 1 N–H and O–H groups in total. The van der Waals surface area contributed by atoms with E-state index in [1.165, 1.54) is 5.56 Å². The van der Waals surface area contributed by atoms with E-state index in [1.54, 1.807) is 0 Å². The van der Waals surface area contributed by atoms with Gasteiger partial charge in [0.15, 0.2) is 0 Å². The molecule has 0 radical (unpaired) electrons. The number of carbonyl (C=O) groups is 1. The van der Waals surface area contributed by atoms with Gasteiger partial charge in [-0.05, 0) is 37.7 Å². The number of ether oxygens (including phenoxy) is 1. The summed E-state index contributed by atoms with van der Waals surface area (Å²) < 4.78 is 5.50. The summed E-state index contributed by atoms with van der Waals surface area (Å²) in [6, 6.07) is 10.5. The number of piperidine rings is 1. The Morgan fingerprint density at radius 3 is 2.91 bits per heavy atom. The zero-order chi connectivity index (χ0) is 16.5. The second kappa shape index (κ2) is 9.56. The number of rotatable bonds is 7. The van der Waals surface area contributed by atoms with E-state index in [-0.39, 0.29) is 6.03 Å². The molecular formula is C19H30N2O2. The molecule has 4 nitrogen and oxygen atoms in total. The molecule has 0 aliphatic carbocycles. The SMILES string of the molecule is CCOC[C@@H]1CCCN(C(=O)NCC[C@H](C)c2ccccc2)C1. The van der Waals surface area contributed by atoms with Crippen molar-refractivity contribution in [2.75, 3.05) is 32.8 Å². The third kappa shape index (κ3) is 5.87. The first-order valence-electron chi connectivity index (χ1n) is 8.86. The number of hydrogen-bond acceptors (Lipinski definition) is 2. The van der Waals surface area contributed by atoms with Crippen LogP contribution in [-0.4, -0.2) is 43.8 Å². The molecule has 1 saturated heterocycles. The number of benzene rings is 1.